The van der Waals surface area contributed by atoms with Crippen LogP contribution in [0.5, 0.6) is 0 Å². The number of benzene rings is 1. The summed E-state index contributed by atoms with van der Waals surface area (Å²) >= 11 is 0. The van der Waals surface area contributed by atoms with Crippen molar-refractivity contribution in [3.8, 4) is 0 Å². The highest BCUT2D eigenvalue weighted by Crippen LogP contribution is 2.20. The van der Waals surface area contributed by atoms with Crippen LogP contribution >= 0.6 is 0 Å². The standard InChI is InChI=1S/C19H25N3O3/c1-15-10-12-22(20-15)17-8-6-16(7-9-17)19(24)25-14-13-21-11-4-2-3-5-18(21)23/h6-9H,2-5,10-14H2,1H3. The van der Waals surface area contributed by atoms with Crippen LogP contribution in [0.2, 0.25) is 0 Å². The highest BCUT2D eigenvalue weighted by molar-refractivity contribution is 5.90. The first-order chi connectivity index (χ1) is 12.1. The van der Waals surface area contributed by atoms with Gasteiger partial charge in [0.1, 0.15) is 6.61 Å². The maximum Gasteiger partial charge on any atom is 0.338 e. The fourth-order valence-electron chi connectivity index (χ4n) is 3.14. The zero-order valence-corrected chi connectivity index (χ0v) is 14.7. The number of ether oxygens (including phenoxy) is 1. The van der Waals surface area contributed by atoms with Crippen molar-refractivity contribution < 1.29 is 14.3 Å². The Morgan fingerprint density at radius 2 is 1.92 bits per heavy atom. The van der Waals surface area contributed by atoms with Crippen molar-refractivity contribution in [3.05, 3.63) is 29.8 Å². The number of carbonyl (C=O) groups excluding carboxylic acids is 2. The molecule has 2 aliphatic heterocycles. The maximum atomic E-state index is 12.2. The first-order valence-electron chi connectivity index (χ1n) is 9.00. The number of esters is 1. The van der Waals surface area contributed by atoms with Crippen LogP contribution in [0.3, 0.4) is 0 Å². The first kappa shape index (κ1) is 17.5. The van der Waals surface area contributed by atoms with Gasteiger partial charge in [0, 0.05) is 31.6 Å². The highest BCUT2D eigenvalue weighted by atomic mass is 16.5. The third-order valence-corrected chi connectivity index (χ3v) is 4.64. The Kier molecular flexibility index (Phi) is 5.68. The van der Waals surface area contributed by atoms with Gasteiger partial charge in [-0.1, -0.05) is 6.42 Å². The van der Waals surface area contributed by atoms with Crippen molar-refractivity contribution in [1.29, 1.82) is 0 Å². The second-order valence-electron chi connectivity index (χ2n) is 6.58. The maximum absolute atomic E-state index is 12.2. The molecule has 0 aromatic heterocycles. The van der Waals surface area contributed by atoms with E-state index in [1.54, 1.807) is 17.0 Å². The second-order valence-corrected chi connectivity index (χ2v) is 6.58. The third-order valence-electron chi connectivity index (χ3n) is 4.64. The van der Waals surface area contributed by atoms with Crippen molar-refractivity contribution in [2.75, 3.05) is 31.3 Å². The van der Waals surface area contributed by atoms with E-state index in [9.17, 15) is 9.59 Å². The number of nitrogens with zero attached hydrogens (tertiary/aromatic N) is 3. The number of carbonyl (C=O) groups is 2. The van der Waals surface area contributed by atoms with Crippen LogP contribution in [-0.2, 0) is 9.53 Å². The molecule has 6 nitrogen and oxygen atoms in total. The van der Waals surface area contributed by atoms with Gasteiger partial charge in [-0.05, 0) is 44.0 Å². The molecule has 25 heavy (non-hydrogen) atoms. The molecule has 0 aliphatic carbocycles. The van der Waals surface area contributed by atoms with E-state index in [2.05, 4.69) is 5.10 Å². The summed E-state index contributed by atoms with van der Waals surface area (Å²) in [7, 11) is 0. The summed E-state index contributed by atoms with van der Waals surface area (Å²) < 4.78 is 5.33. The quantitative estimate of drug-likeness (QED) is 0.771. The summed E-state index contributed by atoms with van der Waals surface area (Å²) in [5.41, 5.74) is 2.61. The van der Waals surface area contributed by atoms with Gasteiger partial charge in [-0.3, -0.25) is 9.80 Å². The molecule has 134 valence electrons. The molecule has 1 aromatic rings. The lowest BCUT2D eigenvalue weighted by atomic mass is 10.2. The summed E-state index contributed by atoms with van der Waals surface area (Å²) in [5.74, 6) is -0.186. The molecule has 0 unspecified atom stereocenters. The summed E-state index contributed by atoms with van der Waals surface area (Å²) in [6.07, 6.45) is 4.66. The Hall–Kier alpha value is -2.37. The fraction of sp³-hybridized carbons (Fsp3) is 0.526. The van der Waals surface area contributed by atoms with E-state index < -0.39 is 0 Å². The van der Waals surface area contributed by atoms with E-state index in [0.717, 1.165) is 50.2 Å². The van der Waals surface area contributed by atoms with Gasteiger partial charge in [0.15, 0.2) is 0 Å². The van der Waals surface area contributed by atoms with Gasteiger partial charge in [-0.25, -0.2) is 4.79 Å². The van der Waals surface area contributed by atoms with E-state index in [4.69, 9.17) is 4.74 Å². The number of hydrazone groups is 1. The van der Waals surface area contributed by atoms with Crippen molar-refractivity contribution in [3.63, 3.8) is 0 Å². The van der Waals surface area contributed by atoms with E-state index in [1.807, 2.05) is 24.1 Å². The molecular weight excluding hydrogens is 318 g/mol. The molecule has 0 radical (unpaired) electrons. The number of hydrogen-bond acceptors (Lipinski definition) is 5. The lowest BCUT2D eigenvalue weighted by Gasteiger charge is -2.20. The molecule has 3 rings (SSSR count). The minimum Gasteiger partial charge on any atom is -0.460 e. The lowest BCUT2D eigenvalue weighted by Crippen LogP contribution is -2.33. The van der Waals surface area contributed by atoms with Gasteiger partial charge >= 0.3 is 5.97 Å². The smallest absolute Gasteiger partial charge is 0.338 e. The van der Waals surface area contributed by atoms with E-state index in [1.165, 1.54) is 0 Å². The normalized spacial score (nSPS) is 18.1. The molecule has 0 saturated carbocycles. The average Bonchev–Trinajstić information content (AvgIpc) is 2.95. The highest BCUT2D eigenvalue weighted by Gasteiger charge is 2.17. The van der Waals surface area contributed by atoms with Gasteiger partial charge in [-0.2, -0.15) is 5.10 Å². The van der Waals surface area contributed by atoms with Crippen LogP contribution < -0.4 is 5.01 Å². The van der Waals surface area contributed by atoms with Crippen molar-refractivity contribution in [1.82, 2.24) is 4.90 Å². The SMILES string of the molecule is CC1=NN(c2ccc(C(=O)OCCN3CCCCCC3=O)cc2)CC1. The van der Waals surface area contributed by atoms with Gasteiger partial charge in [-0.15, -0.1) is 0 Å². The summed E-state index contributed by atoms with van der Waals surface area (Å²) in [5, 5.41) is 6.39. The molecule has 0 atom stereocenters. The van der Waals surface area contributed by atoms with Crippen molar-refractivity contribution >= 4 is 23.3 Å². The summed E-state index contributed by atoms with van der Waals surface area (Å²) in [6, 6.07) is 7.30. The second kappa shape index (κ2) is 8.14. The fourth-order valence-corrected chi connectivity index (χ4v) is 3.14. The predicted molar refractivity (Wildman–Crippen MR) is 96.8 cm³/mol. The molecule has 2 aliphatic rings. The molecular formula is C19H25N3O3. The molecule has 6 heteroatoms. The van der Waals surface area contributed by atoms with Gasteiger partial charge < -0.3 is 9.64 Å². The number of amides is 1. The van der Waals surface area contributed by atoms with Gasteiger partial charge in [0.05, 0.1) is 17.8 Å². The van der Waals surface area contributed by atoms with Crippen LogP contribution in [0.15, 0.2) is 29.4 Å². The largest absolute Gasteiger partial charge is 0.460 e. The van der Waals surface area contributed by atoms with Crippen LogP contribution in [0.1, 0.15) is 49.4 Å². The average molecular weight is 343 g/mol. The molecule has 1 fully saturated rings. The molecule has 1 saturated heterocycles. The molecule has 1 amide bonds. The minimum atomic E-state index is -0.352. The van der Waals surface area contributed by atoms with Gasteiger partial charge in [0.25, 0.3) is 0 Å². The molecule has 0 bridgehead atoms. The number of likely N-dealkylation sites (tertiary alicyclic amines) is 1. The van der Waals surface area contributed by atoms with E-state index in [-0.39, 0.29) is 18.5 Å². The number of anilines is 1. The van der Waals surface area contributed by atoms with Crippen molar-refractivity contribution in [2.24, 2.45) is 5.10 Å². The lowest BCUT2D eigenvalue weighted by molar-refractivity contribution is -0.131. The Morgan fingerprint density at radius 1 is 1.12 bits per heavy atom. The molecule has 0 spiro atoms. The van der Waals surface area contributed by atoms with E-state index >= 15 is 0 Å². The van der Waals surface area contributed by atoms with Crippen LogP contribution in [0, 0.1) is 0 Å². The minimum absolute atomic E-state index is 0.166. The molecule has 0 N–H and O–H groups in total. The topological polar surface area (TPSA) is 62.2 Å². The van der Waals surface area contributed by atoms with E-state index in [0.29, 0.717) is 18.5 Å². The molecule has 2 heterocycles. The zero-order valence-electron chi connectivity index (χ0n) is 14.7. The van der Waals surface area contributed by atoms with Crippen LogP contribution in [-0.4, -0.2) is 48.7 Å². The summed E-state index contributed by atoms with van der Waals surface area (Å²) in [6.45, 7) is 4.37. The van der Waals surface area contributed by atoms with Crippen LogP contribution in [0.25, 0.3) is 0 Å². The predicted octanol–water partition coefficient (Wildman–Crippen LogP) is 2.83. The Morgan fingerprint density at radius 3 is 2.64 bits per heavy atom. The summed E-state index contributed by atoms with van der Waals surface area (Å²) in [4.78, 5) is 25.9. The molecule has 1 aromatic carbocycles. The van der Waals surface area contributed by atoms with Crippen molar-refractivity contribution in [2.45, 2.75) is 39.0 Å². The third kappa shape index (κ3) is 4.59. The Labute approximate surface area is 148 Å². The van der Waals surface area contributed by atoms with Gasteiger partial charge in [0.2, 0.25) is 5.91 Å². The monoisotopic (exact) mass is 343 g/mol. The number of rotatable bonds is 5. The van der Waals surface area contributed by atoms with Crippen LogP contribution in [0.4, 0.5) is 5.69 Å². The first-order valence-corrected chi connectivity index (χ1v) is 9.00. The Balaban J connectivity index is 1.49. The zero-order chi connectivity index (χ0) is 17.6. The Bertz CT molecular complexity index is 654. The number of hydrogen-bond donors (Lipinski definition) is 0.